The maximum atomic E-state index is 9.52. The summed E-state index contributed by atoms with van der Waals surface area (Å²) in [5.41, 5.74) is 1.64. The Hall–Kier alpha value is -0.700. The maximum Gasteiger partial charge on any atom is 0.133 e. The molecule has 0 radical (unpaired) electrons. The van der Waals surface area contributed by atoms with Crippen LogP contribution in [0.1, 0.15) is 11.1 Å². The number of halogens is 1. The van der Waals surface area contributed by atoms with Crippen LogP contribution < -0.4 is 4.74 Å². The van der Waals surface area contributed by atoms with E-state index in [2.05, 4.69) is 15.9 Å². The van der Waals surface area contributed by atoms with Gasteiger partial charge in [-0.25, -0.2) is 0 Å². The van der Waals surface area contributed by atoms with Crippen molar-refractivity contribution in [1.82, 2.24) is 0 Å². The number of phenolic OH excluding ortho intramolecular Hbond substituents is 1. The first-order valence-corrected chi connectivity index (χ1v) is 4.40. The van der Waals surface area contributed by atoms with Crippen LogP contribution in [0.25, 0.3) is 0 Å². The molecule has 0 unspecified atom stereocenters. The van der Waals surface area contributed by atoms with Gasteiger partial charge in [0.25, 0.3) is 0 Å². The molecule has 0 heterocycles. The fourth-order valence-electron chi connectivity index (χ4n) is 1.06. The summed E-state index contributed by atoms with van der Waals surface area (Å²) in [5.74, 6) is 1.07. The fraction of sp³-hybridized carbons (Fsp3) is 0.333. The van der Waals surface area contributed by atoms with Crippen LogP contribution in [0.4, 0.5) is 0 Å². The van der Waals surface area contributed by atoms with Crippen molar-refractivity contribution in [1.29, 1.82) is 0 Å². The summed E-state index contributed by atoms with van der Waals surface area (Å²) in [6.45, 7) is 3.69. The molecule has 0 aliphatic rings. The summed E-state index contributed by atoms with van der Waals surface area (Å²) < 4.78 is 5.92. The summed E-state index contributed by atoms with van der Waals surface area (Å²) in [6, 6.07) is 1.80. The van der Waals surface area contributed by atoms with E-state index < -0.39 is 0 Å². The highest BCUT2D eigenvalue weighted by atomic mass is 79.9. The Morgan fingerprint density at radius 1 is 1.42 bits per heavy atom. The van der Waals surface area contributed by atoms with E-state index in [1.54, 1.807) is 13.2 Å². The molecule has 0 amide bonds. The van der Waals surface area contributed by atoms with Crippen LogP contribution >= 0.6 is 15.9 Å². The number of methoxy groups -OCH3 is 1. The number of hydrogen-bond donors (Lipinski definition) is 1. The largest absolute Gasteiger partial charge is 0.507 e. The highest BCUT2D eigenvalue weighted by molar-refractivity contribution is 9.10. The van der Waals surface area contributed by atoms with Gasteiger partial charge in [0, 0.05) is 5.56 Å². The molecule has 0 saturated heterocycles. The average molecular weight is 231 g/mol. The monoisotopic (exact) mass is 230 g/mol. The molecule has 66 valence electrons. The lowest BCUT2D eigenvalue weighted by Gasteiger charge is -2.09. The quantitative estimate of drug-likeness (QED) is 0.805. The van der Waals surface area contributed by atoms with E-state index in [-0.39, 0.29) is 0 Å². The SMILES string of the molecule is COc1cc(C)c(O)c(C)c1Br. The lowest BCUT2D eigenvalue weighted by Crippen LogP contribution is -1.89. The minimum atomic E-state index is 0.322. The van der Waals surface area contributed by atoms with Gasteiger partial charge in [-0.3, -0.25) is 0 Å². The van der Waals surface area contributed by atoms with Crippen molar-refractivity contribution in [2.24, 2.45) is 0 Å². The molecule has 3 heteroatoms. The van der Waals surface area contributed by atoms with Gasteiger partial charge in [-0.2, -0.15) is 0 Å². The van der Waals surface area contributed by atoms with Crippen molar-refractivity contribution in [2.45, 2.75) is 13.8 Å². The molecule has 0 aliphatic carbocycles. The summed E-state index contributed by atoms with van der Waals surface area (Å²) in [6.07, 6.45) is 0. The number of phenols is 1. The molecule has 1 aromatic rings. The van der Waals surface area contributed by atoms with Gasteiger partial charge in [0.1, 0.15) is 11.5 Å². The van der Waals surface area contributed by atoms with Gasteiger partial charge in [-0.1, -0.05) is 0 Å². The van der Waals surface area contributed by atoms with Crippen LogP contribution in [0.15, 0.2) is 10.5 Å². The van der Waals surface area contributed by atoms with Crippen LogP contribution in [-0.2, 0) is 0 Å². The molecule has 0 saturated carbocycles. The molecule has 0 atom stereocenters. The highest BCUT2D eigenvalue weighted by Crippen LogP contribution is 2.36. The van der Waals surface area contributed by atoms with Crippen molar-refractivity contribution >= 4 is 15.9 Å². The number of aromatic hydroxyl groups is 1. The Balaban J connectivity index is 3.39. The lowest BCUT2D eigenvalue weighted by molar-refractivity contribution is 0.407. The summed E-state index contributed by atoms with van der Waals surface area (Å²) in [7, 11) is 1.61. The topological polar surface area (TPSA) is 29.5 Å². The minimum Gasteiger partial charge on any atom is -0.507 e. The third-order valence-electron chi connectivity index (χ3n) is 1.84. The van der Waals surface area contributed by atoms with Crippen molar-refractivity contribution in [3.63, 3.8) is 0 Å². The van der Waals surface area contributed by atoms with E-state index >= 15 is 0 Å². The number of rotatable bonds is 1. The molecule has 1 N–H and O–H groups in total. The minimum absolute atomic E-state index is 0.322. The summed E-state index contributed by atoms with van der Waals surface area (Å²) >= 11 is 3.34. The lowest BCUT2D eigenvalue weighted by atomic mass is 10.1. The number of benzene rings is 1. The Morgan fingerprint density at radius 3 is 2.50 bits per heavy atom. The second-order valence-corrected chi connectivity index (χ2v) is 3.48. The Morgan fingerprint density at radius 2 is 2.00 bits per heavy atom. The molecular weight excluding hydrogens is 220 g/mol. The molecule has 0 spiro atoms. The summed E-state index contributed by atoms with van der Waals surface area (Å²) in [5, 5.41) is 9.52. The second-order valence-electron chi connectivity index (χ2n) is 2.68. The first kappa shape index (κ1) is 9.39. The number of aryl methyl sites for hydroxylation is 1. The van der Waals surface area contributed by atoms with Gasteiger partial charge >= 0.3 is 0 Å². The van der Waals surface area contributed by atoms with Gasteiger partial charge in [0.2, 0.25) is 0 Å². The van der Waals surface area contributed by atoms with Crippen molar-refractivity contribution in [3.8, 4) is 11.5 Å². The molecule has 12 heavy (non-hydrogen) atoms. The van der Waals surface area contributed by atoms with Crippen LogP contribution in [0.2, 0.25) is 0 Å². The molecule has 1 rings (SSSR count). The second kappa shape index (κ2) is 3.35. The average Bonchev–Trinajstić information content (AvgIpc) is 2.08. The predicted molar refractivity (Wildman–Crippen MR) is 51.8 cm³/mol. The summed E-state index contributed by atoms with van der Waals surface area (Å²) in [4.78, 5) is 0. The van der Waals surface area contributed by atoms with Crippen LogP contribution in [0.3, 0.4) is 0 Å². The van der Waals surface area contributed by atoms with Crippen LogP contribution in [0.5, 0.6) is 11.5 Å². The molecule has 0 aliphatic heterocycles. The van der Waals surface area contributed by atoms with Gasteiger partial charge in [0.15, 0.2) is 0 Å². The Kier molecular flexibility index (Phi) is 2.62. The zero-order chi connectivity index (χ0) is 9.30. The van der Waals surface area contributed by atoms with Gasteiger partial charge in [-0.15, -0.1) is 0 Å². The fourth-order valence-corrected chi connectivity index (χ4v) is 1.53. The van der Waals surface area contributed by atoms with Gasteiger partial charge in [0.05, 0.1) is 11.6 Å². The Bertz CT molecular complexity index is 308. The van der Waals surface area contributed by atoms with E-state index in [4.69, 9.17) is 4.74 Å². The zero-order valence-corrected chi connectivity index (χ0v) is 8.90. The van der Waals surface area contributed by atoms with E-state index in [1.807, 2.05) is 13.8 Å². The van der Waals surface area contributed by atoms with Crippen molar-refractivity contribution < 1.29 is 9.84 Å². The number of hydrogen-bond acceptors (Lipinski definition) is 2. The van der Waals surface area contributed by atoms with E-state index in [1.165, 1.54) is 0 Å². The van der Waals surface area contributed by atoms with E-state index in [9.17, 15) is 5.11 Å². The van der Waals surface area contributed by atoms with E-state index in [0.29, 0.717) is 5.75 Å². The molecule has 2 nitrogen and oxygen atoms in total. The molecule has 0 fully saturated rings. The van der Waals surface area contributed by atoms with Crippen LogP contribution in [-0.4, -0.2) is 12.2 Å². The number of ether oxygens (including phenoxy) is 1. The molecule has 1 aromatic carbocycles. The first-order valence-electron chi connectivity index (χ1n) is 3.60. The van der Waals surface area contributed by atoms with Crippen molar-refractivity contribution in [3.05, 3.63) is 21.7 Å². The predicted octanol–water partition coefficient (Wildman–Crippen LogP) is 2.78. The molecule has 0 aromatic heterocycles. The maximum absolute atomic E-state index is 9.52. The zero-order valence-electron chi connectivity index (χ0n) is 7.31. The third kappa shape index (κ3) is 1.41. The van der Waals surface area contributed by atoms with Crippen LogP contribution in [0, 0.1) is 13.8 Å². The van der Waals surface area contributed by atoms with Gasteiger partial charge in [-0.05, 0) is 41.4 Å². The highest BCUT2D eigenvalue weighted by Gasteiger charge is 2.09. The first-order chi connectivity index (χ1) is 5.57. The molecule has 0 bridgehead atoms. The standard InChI is InChI=1S/C9H11BrO2/c1-5-4-7(12-3)8(10)6(2)9(5)11/h4,11H,1-3H3. The van der Waals surface area contributed by atoms with E-state index in [0.717, 1.165) is 21.3 Å². The van der Waals surface area contributed by atoms with Gasteiger partial charge < -0.3 is 9.84 Å². The van der Waals surface area contributed by atoms with Crippen molar-refractivity contribution in [2.75, 3.05) is 7.11 Å². The normalized spacial score (nSPS) is 10.0. The Labute approximate surface area is 80.3 Å². The smallest absolute Gasteiger partial charge is 0.133 e. The third-order valence-corrected chi connectivity index (χ3v) is 2.83. The molecular formula is C9H11BrO2.